The summed E-state index contributed by atoms with van der Waals surface area (Å²) in [5.74, 6) is -0.268. The van der Waals surface area contributed by atoms with Gasteiger partial charge in [0.15, 0.2) is 0 Å². The minimum absolute atomic E-state index is 0.103. The zero-order valence-corrected chi connectivity index (χ0v) is 9.76. The molecular weight excluding hydrogens is 373 g/mol. The molecule has 1 rings (SSSR count). The molecule has 60 valence electrons. The van der Waals surface area contributed by atoms with E-state index in [0.29, 0.717) is 9.13 Å². The van der Waals surface area contributed by atoms with Gasteiger partial charge in [-0.05, 0) is 57.3 Å². The topological polar surface area (TPSA) is 20.2 Å². The lowest BCUT2D eigenvalue weighted by atomic mass is 10.2. The van der Waals surface area contributed by atoms with Gasteiger partial charge in [0.2, 0.25) is 0 Å². The molecule has 0 fully saturated rings. The van der Waals surface area contributed by atoms with Crippen molar-refractivity contribution in [3.05, 3.63) is 30.7 Å². The number of rotatable bonds is 1. The van der Waals surface area contributed by atoms with E-state index in [0.717, 1.165) is 3.57 Å². The molecule has 1 aromatic carbocycles. The Bertz CT molecular complexity index is 275. The Hall–Kier alpha value is 0.570. The standard InChI is InChI=1S/C7H5FI2O/c8-5-1-2-6(9)4(3-11)7(5)10/h1-2,11H,3H2. The highest BCUT2D eigenvalue weighted by molar-refractivity contribution is 14.1. The molecule has 0 heterocycles. The molecule has 0 saturated heterocycles. The summed E-state index contributed by atoms with van der Waals surface area (Å²) in [5, 5.41) is 8.85. The van der Waals surface area contributed by atoms with E-state index in [-0.39, 0.29) is 12.4 Å². The summed E-state index contributed by atoms with van der Waals surface area (Å²) < 4.78 is 14.2. The molecule has 0 spiro atoms. The van der Waals surface area contributed by atoms with Crippen LogP contribution in [0.4, 0.5) is 4.39 Å². The first-order chi connectivity index (χ1) is 5.16. The fraction of sp³-hybridized carbons (Fsp3) is 0.143. The average molecular weight is 378 g/mol. The summed E-state index contributed by atoms with van der Waals surface area (Å²) in [7, 11) is 0. The first-order valence-electron chi connectivity index (χ1n) is 2.90. The molecule has 11 heavy (non-hydrogen) atoms. The predicted octanol–water partition coefficient (Wildman–Crippen LogP) is 2.53. The van der Waals surface area contributed by atoms with Gasteiger partial charge in [0, 0.05) is 9.13 Å². The molecule has 1 aromatic rings. The highest BCUT2D eigenvalue weighted by Crippen LogP contribution is 2.21. The Morgan fingerprint density at radius 3 is 2.45 bits per heavy atom. The average Bonchev–Trinajstić information content (AvgIpc) is 1.99. The Balaban J connectivity index is 3.29. The first-order valence-corrected chi connectivity index (χ1v) is 5.05. The van der Waals surface area contributed by atoms with Crippen LogP contribution < -0.4 is 0 Å². The van der Waals surface area contributed by atoms with Crippen LogP contribution in [0.2, 0.25) is 0 Å². The van der Waals surface area contributed by atoms with Crippen LogP contribution in [0.3, 0.4) is 0 Å². The second-order valence-corrected chi connectivity index (χ2v) is 4.22. The predicted molar refractivity (Wildman–Crippen MR) is 57.8 cm³/mol. The minimum Gasteiger partial charge on any atom is -0.392 e. The van der Waals surface area contributed by atoms with Gasteiger partial charge in [0.25, 0.3) is 0 Å². The van der Waals surface area contributed by atoms with Crippen LogP contribution >= 0.6 is 45.2 Å². The van der Waals surface area contributed by atoms with Gasteiger partial charge < -0.3 is 5.11 Å². The highest BCUT2D eigenvalue weighted by Gasteiger charge is 2.07. The summed E-state index contributed by atoms with van der Waals surface area (Å²) in [6.45, 7) is -0.103. The van der Waals surface area contributed by atoms with Crippen molar-refractivity contribution in [3.63, 3.8) is 0 Å². The maximum Gasteiger partial charge on any atom is 0.136 e. The van der Waals surface area contributed by atoms with Gasteiger partial charge in [-0.3, -0.25) is 0 Å². The normalized spacial score (nSPS) is 10.2. The molecule has 0 saturated carbocycles. The van der Waals surface area contributed by atoms with E-state index >= 15 is 0 Å². The molecule has 0 radical (unpaired) electrons. The van der Waals surface area contributed by atoms with Crippen LogP contribution in [-0.4, -0.2) is 5.11 Å². The van der Waals surface area contributed by atoms with Crippen LogP contribution in [0.5, 0.6) is 0 Å². The van der Waals surface area contributed by atoms with E-state index in [1.165, 1.54) is 6.07 Å². The summed E-state index contributed by atoms with van der Waals surface area (Å²) >= 11 is 3.96. The zero-order valence-electron chi connectivity index (χ0n) is 5.44. The second kappa shape index (κ2) is 3.99. The Labute approximate surface area is 91.3 Å². The molecule has 0 aliphatic rings. The maximum absolute atomic E-state index is 12.8. The van der Waals surface area contributed by atoms with E-state index < -0.39 is 0 Å². The molecule has 0 amide bonds. The Morgan fingerprint density at radius 2 is 2.00 bits per heavy atom. The van der Waals surface area contributed by atoms with E-state index in [2.05, 4.69) is 22.6 Å². The minimum atomic E-state index is -0.268. The van der Waals surface area contributed by atoms with Gasteiger partial charge in [0.1, 0.15) is 5.82 Å². The van der Waals surface area contributed by atoms with Gasteiger partial charge in [-0.15, -0.1) is 0 Å². The molecule has 0 bridgehead atoms. The molecule has 0 aliphatic carbocycles. The van der Waals surface area contributed by atoms with E-state index in [1.807, 2.05) is 22.6 Å². The lowest BCUT2D eigenvalue weighted by molar-refractivity contribution is 0.279. The number of hydrogen-bond acceptors (Lipinski definition) is 1. The van der Waals surface area contributed by atoms with Crippen molar-refractivity contribution < 1.29 is 9.50 Å². The van der Waals surface area contributed by atoms with Crippen LogP contribution in [0.25, 0.3) is 0 Å². The molecule has 0 atom stereocenters. The fourth-order valence-electron chi connectivity index (χ4n) is 0.714. The smallest absolute Gasteiger partial charge is 0.136 e. The van der Waals surface area contributed by atoms with E-state index in [4.69, 9.17) is 5.11 Å². The Morgan fingerprint density at radius 1 is 1.36 bits per heavy atom. The van der Waals surface area contributed by atoms with Crippen molar-refractivity contribution in [1.29, 1.82) is 0 Å². The van der Waals surface area contributed by atoms with Crippen LogP contribution in [0, 0.1) is 13.0 Å². The van der Waals surface area contributed by atoms with Gasteiger partial charge in [0.05, 0.1) is 10.2 Å². The Kier molecular flexibility index (Phi) is 3.51. The number of hydrogen-bond donors (Lipinski definition) is 1. The zero-order chi connectivity index (χ0) is 8.43. The summed E-state index contributed by atoms with van der Waals surface area (Å²) in [4.78, 5) is 0. The quantitative estimate of drug-likeness (QED) is 0.589. The number of aliphatic hydroxyl groups is 1. The lowest BCUT2D eigenvalue weighted by Crippen LogP contribution is -1.95. The maximum atomic E-state index is 12.8. The summed E-state index contributed by atoms with van der Waals surface area (Å²) in [5.41, 5.74) is 0.672. The lowest BCUT2D eigenvalue weighted by Gasteiger charge is -2.03. The van der Waals surface area contributed by atoms with Crippen molar-refractivity contribution in [3.8, 4) is 0 Å². The van der Waals surface area contributed by atoms with Gasteiger partial charge in [-0.1, -0.05) is 0 Å². The third-order valence-corrected chi connectivity index (χ3v) is 3.47. The van der Waals surface area contributed by atoms with Gasteiger partial charge >= 0.3 is 0 Å². The SMILES string of the molecule is OCc1c(I)ccc(F)c1I. The number of benzene rings is 1. The van der Waals surface area contributed by atoms with Gasteiger partial charge in [-0.2, -0.15) is 0 Å². The van der Waals surface area contributed by atoms with Crippen LogP contribution in [0.1, 0.15) is 5.56 Å². The molecule has 4 heteroatoms. The third-order valence-electron chi connectivity index (χ3n) is 1.30. The van der Waals surface area contributed by atoms with Crippen molar-refractivity contribution in [1.82, 2.24) is 0 Å². The number of halogens is 3. The van der Waals surface area contributed by atoms with Crippen molar-refractivity contribution >= 4 is 45.2 Å². The number of aliphatic hydroxyl groups excluding tert-OH is 1. The van der Waals surface area contributed by atoms with Crippen LogP contribution in [-0.2, 0) is 6.61 Å². The summed E-state index contributed by atoms with van der Waals surface area (Å²) in [6.07, 6.45) is 0. The van der Waals surface area contributed by atoms with Gasteiger partial charge in [-0.25, -0.2) is 4.39 Å². The molecular formula is C7H5FI2O. The summed E-state index contributed by atoms with van der Waals surface area (Å²) in [6, 6.07) is 3.06. The van der Waals surface area contributed by atoms with Crippen LogP contribution in [0.15, 0.2) is 12.1 Å². The third kappa shape index (κ3) is 2.03. The fourth-order valence-corrected chi connectivity index (χ4v) is 2.49. The second-order valence-electron chi connectivity index (χ2n) is 1.98. The largest absolute Gasteiger partial charge is 0.392 e. The molecule has 1 N–H and O–H groups in total. The first kappa shape index (κ1) is 9.66. The van der Waals surface area contributed by atoms with E-state index in [1.54, 1.807) is 6.07 Å². The molecule has 0 unspecified atom stereocenters. The van der Waals surface area contributed by atoms with Crippen molar-refractivity contribution in [2.24, 2.45) is 0 Å². The molecule has 0 aliphatic heterocycles. The highest BCUT2D eigenvalue weighted by atomic mass is 127. The molecule has 0 aromatic heterocycles. The van der Waals surface area contributed by atoms with Crippen molar-refractivity contribution in [2.45, 2.75) is 6.61 Å². The van der Waals surface area contributed by atoms with Crippen molar-refractivity contribution in [2.75, 3.05) is 0 Å². The monoisotopic (exact) mass is 378 g/mol. The molecule has 1 nitrogen and oxygen atoms in total. The van der Waals surface area contributed by atoms with E-state index in [9.17, 15) is 4.39 Å².